The zero-order valence-corrected chi connectivity index (χ0v) is 14.4. The molecular formula is C22H19N3O. The molecule has 1 aliphatic carbocycles. The summed E-state index contributed by atoms with van der Waals surface area (Å²) in [4.78, 5) is 12.3. The van der Waals surface area contributed by atoms with Crippen LogP contribution in [-0.4, -0.2) is 16.5 Å². The summed E-state index contributed by atoms with van der Waals surface area (Å²) in [7, 11) is 0. The third-order valence-corrected chi connectivity index (χ3v) is 4.59. The molecule has 0 aliphatic heterocycles. The Bertz CT molecular complexity index is 1020. The average molecular weight is 341 g/mol. The van der Waals surface area contributed by atoms with E-state index in [1.165, 1.54) is 5.56 Å². The average Bonchev–Trinajstić information content (AvgIpc) is 3.42. The lowest BCUT2D eigenvalue weighted by atomic mass is 10.1. The molecule has 0 spiro atoms. The van der Waals surface area contributed by atoms with Gasteiger partial charge in [0.1, 0.15) is 11.6 Å². The number of rotatable bonds is 5. The second-order valence-electron chi connectivity index (χ2n) is 6.63. The molecule has 128 valence electrons. The molecule has 0 unspecified atom stereocenters. The number of para-hydroxylation sites is 1. The number of nitrogens with zero attached hydrogens (tertiary/aromatic N) is 2. The predicted molar refractivity (Wildman–Crippen MR) is 102 cm³/mol. The van der Waals surface area contributed by atoms with Crippen LogP contribution in [0.25, 0.3) is 17.0 Å². The van der Waals surface area contributed by atoms with Crippen molar-refractivity contribution >= 4 is 22.9 Å². The number of benzene rings is 2. The van der Waals surface area contributed by atoms with Gasteiger partial charge in [-0.25, -0.2) is 0 Å². The van der Waals surface area contributed by atoms with Crippen molar-refractivity contribution in [2.75, 3.05) is 0 Å². The molecule has 4 nitrogen and oxygen atoms in total. The quantitative estimate of drug-likeness (QED) is 0.566. The van der Waals surface area contributed by atoms with E-state index in [0.29, 0.717) is 0 Å². The SMILES string of the molecule is N#C/C(=C\c1cn(Cc2ccccc2)c2ccccc12)C(=O)NC1CC1. The standard InChI is InChI=1S/C22H19N3O/c23-13-17(22(26)24-19-10-11-19)12-18-15-25(14-16-6-2-1-3-7-16)21-9-5-4-8-20(18)21/h1-9,12,15,19H,10-11,14H2,(H,24,26)/b17-12+. The topological polar surface area (TPSA) is 57.8 Å². The van der Waals surface area contributed by atoms with Gasteiger partial charge in [0.05, 0.1) is 0 Å². The molecule has 3 aromatic rings. The van der Waals surface area contributed by atoms with Crippen LogP contribution >= 0.6 is 0 Å². The van der Waals surface area contributed by atoms with Crippen LogP contribution in [-0.2, 0) is 11.3 Å². The fourth-order valence-corrected chi connectivity index (χ4v) is 3.10. The summed E-state index contributed by atoms with van der Waals surface area (Å²) in [6, 6.07) is 20.6. The first-order valence-electron chi connectivity index (χ1n) is 8.79. The minimum atomic E-state index is -0.283. The third kappa shape index (κ3) is 3.38. The summed E-state index contributed by atoms with van der Waals surface area (Å²) in [5.74, 6) is -0.283. The summed E-state index contributed by atoms with van der Waals surface area (Å²) in [6.45, 7) is 0.741. The van der Waals surface area contributed by atoms with Gasteiger partial charge in [-0.05, 0) is 30.5 Å². The molecule has 1 N–H and O–H groups in total. The Morgan fingerprint density at radius 1 is 1.15 bits per heavy atom. The van der Waals surface area contributed by atoms with Crippen molar-refractivity contribution in [3.8, 4) is 6.07 Å². The fourth-order valence-electron chi connectivity index (χ4n) is 3.10. The Hall–Kier alpha value is -3.32. The van der Waals surface area contributed by atoms with Crippen molar-refractivity contribution in [1.29, 1.82) is 5.26 Å². The molecule has 1 amide bonds. The molecule has 1 heterocycles. The van der Waals surface area contributed by atoms with Gasteiger partial charge in [0, 0.05) is 35.2 Å². The smallest absolute Gasteiger partial charge is 0.262 e. The molecule has 0 atom stereocenters. The lowest BCUT2D eigenvalue weighted by Gasteiger charge is -2.05. The van der Waals surface area contributed by atoms with Crippen molar-refractivity contribution in [3.63, 3.8) is 0 Å². The Kier molecular flexibility index (Phi) is 4.28. The molecular weight excluding hydrogens is 322 g/mol. The Labute approximate surface area is 152 Å². The number of fused-ring (bicyclic) bond motifs is 1. The van der Waals surface area contributed by atoms with Crippen molar-refractivity contribution < 1.29 is 4.79 Å². The predicted octanol–water partition coefficient (Wildman–Crippen LogP) is 3.88. The third-order valence-electron chi connectivity index (χ3n) is 4.59. The number of nitriles is 1. The molecule has 1 fully saturated rings. The van der Waals surface area contributed by atoms with Gasteiger partial charge in [-0.3, -0.25) is 4.79 Å². The van der Waals surface area contributed by atoms with Crippen LogP contribution in [0.2, 0.25) is 0 Å². The van der Waals surface area contributed by atoms with Gasteiger partial charge < -0.3 is 9.88 Å². The largest absolute Gasteiger partial charge is 0.349 e. The minimum Gasteiger partial charge on any atom is -0.349 e. The number of aromatic nitrogens is 1. The molecule has 4 heteroatoms. The molecule has 0 radical (unpaired) electrons. The molecule has 1 aromatic heterocycles. The number of nitrogens with one attached hydrogen (secondary N) is 1. The molecule has 1 aliphatic rings. The lowest BCUT2D eigenvalue weighted by Crippen LogP contribution is -2.26. The molecule has 26 heavy (non-hydrogen) atoms. The van der Waals surface area contributed by atoms with Crippen LogP contribution in [0.5, 0.6) is 0 Å². The van der Waals surface area contributed by atoms with Gasteiger partial charge in [0.2, 0.25) is 0 Å². The molecule has 0 bridgehead atoms. The fraction of sp³-hybridized carbons (Fsp3) is 0.182. The molecule has 1 saturated carbocycles. The van der Waals surface area contributed by atoms with Gasteiger partial charge in [-0.2, -0.15) is 5.26 Å². The zero-order valence-electron chi connectivity index (χ0n) is 14.4. The summed E-state index contributed by atoms with van der Waals surface area (Å²) in [5.41, 5.74) is 3.33. The highest BCUT2D eigenvalue weighted by Crippen LogP contribution is 2.25. The van der Waals surface area contributed by atoms with Crippen LogP contribution in [0.3, 0.4) is 0 Å². The van der Waals surface area contributed by atoms with E-state index >= 15 is 0 Å². The normalized spacial score (nSPS) is 14.2. The van der Waals surface area contributed by atoms with E-state index in [9.17, 15) is 10.1 Å². The molecule has 4 rings (SSSR count). The van der Waals surface area contributed by atoms with Gasteiger partial charge in [-0.15, -0.1) is 0 Å². The van der Waals surface area contributed by atoms with E-state index in [0.717, 1.165) is 35.9 Å². The maximum Gasteiger partial charge on any atom is 0.262 e. The lowest BCUT2D eigenvalue weighted by molar-refractivity contribution is -0.117. The Morgan fingerprint density at radius 2 is 1.88 bits per heavy atom. The van der Waals surface area contributed by atoms with Gasteiger partial charge in [0.15, 0.2) is 0 Å². The van der Waals surface area contributed by atoms with Gasteiger partial charge in [-0.1, -0.05) is 48.5 Å². The zero-order chi connectivity index (χ0) is 17.9. The van der Waals surface area contributed by atoms with Gasteiger partial charge >= 0.3 is 0 Å². The van der Waals surface area contributed by atoms with Gasteiger partial charge in [0.25, 0.3) is 5.91 Å². The van der Waals surface area contributed by atoms with Crippen LogP contribution < -0.4 is 5.32 Å². The van der Waals surface area contributed by atoms with Crippen LogP contribution in [0, 0.1) is 11.3 Å². The molecule has 2 aromatic carbocycles. The molecule has 0 saturated heterocycles. The highest BCUT2D eigenvalue weighted by atomic mass is 16.1. The first-order chi connectivity index (χ1) is 12.7. The monoisotopic (exact) mass is 341 g/mol. The van der Waals surface area contributed by atoms with Crippen molar-refractivity contribution in [3.05, 3.63) is 77.5 Å². The van der Waals surface area contributed by atoms with E-state index in [2.05, 4.69) is 28.1 Å². The van der Waals surface area contributed by atoms with E-state index in [-0.39, 0.29) is 17.5 Å². The summed E-state index contributed by atoms with van der Waals surface area (Å²) in [5, 5.41) is 13.3. The second kappa shape index (κ2) is 6.89. The maximum absolute atomic E-state index is 12.3. The van der Waals surface area contributed by atoms with Crippen molar-refractivity contribution in [2.24, 2.45) is 0 Å². The number of hydrogen-bond acceptors (Lipinski definition) is 2. The number of carbonyl (C=O) groups is 1. The first kappa shape index (κ1) is 16.2. The van der Waals surface area contributed by atoms with E-state index in [1.807, 2.05) is 48.7 Å². The van der Waals surface area contributed by atoms with E-state index in [1.54, 1.807) is 6.08 Å². The summed E-state index contributed by atoms with van der Waals surface area (Å²) < 4.78 is 2.16. The first-order valence-corrected chi connectivity index (χ1v) is 8.79. The van der Waals surface area contributed by atoms with Crippen LogP contribution in [0.1, 0.15) is 24.0 Å². The van der Waals surface area contributed by atoms with Crippen LogP contribution in [0.4, 0.5) is 0 Å². The van der Waals surface area contributed by atoms with Crippen molar-refractivity contribution in [1.82, 2.24) is 9.88 Å². The minimum absolute atomic E-state index is 0.152. The Morgan fingerprint density at radius 3 is 2.62 bits per heavy atom. The van der Waals surface area contributed by atoms with Crippen LogP contribution in [0.15, 0.2) is 66.4 Å². The number of amides is 1. The number of hydrogen-bond donors (Lipinski definition) is 1. The second-order valence-corrected chi connectivity index (χ2v) is 6.63. The summed E-state index contributed by atoms with van der Waals surface area (Å²) in [6.07, 6.45) is 5.71. The Balaban J connectivity index is 1.72. The highest BCUT2D eigenvalue weighted by molar-refractivity contribution is 6.04. The highest BCUT2D eigenvalue weighted by Gasteiger charge is 2.24. The maximum atomic E-state index is 12.3. The number of carbonyl (C=O) groups excluding carboxylic acids is 1. The van der Waals surface area contributed by atoms with E-state index < -0.39 is 0 Å². The van der Waals surface area contributed by atoms with E-state index in [4.69, 9.17) is 0 Å². The van der Waals surface area contributed by atoms with Crippen molar-refractivity contribution in [2.45, 2.75) is 25.4 Å². The summed E-state index contributed by atoms with van der Waals surface area (Å²) >= 11 is 0.